The van der Waals surface area contributed by atoms with E-state index in [0.717, 1.165) is 42.4 Å². The number of nitrogens with zero attached hydrogens (tertiary/aromatic N) is 1. The van der Waals surface area contributed by atoms with E-state index in [0.29, 0.717) is 18.0 Å². The molecule has 2 amide bonds. The first-order chi connectivity index (χ1) is 15.0. The molecule has 0 saturated heterocycles. The summed E-state index contributed by atoms with van der Waals surface area (Å²) in [5.74, 6) is -0.130. The fourth-order valence-electron chi connectivity index (χ4n) is 4.38. The second-order valence-electron chi connectivity index (χ2n) is 8.55. The second kappa shape index (κ2) is 11.3. The van der Waals surface area contributed by atoms with E-state index in [2.05, 4.69) is 11.4 Å². The van der Waals surface area contributed by atoms with Crippen LogP contribution in [0, 0.1) is 6.92 Å². The number of carbonyl (C=O) groups is 2. The van der Waals surface area contributed by atoms with Gasteiger partial charge in [-0.1, -0.05) is 85.8 Å². The Kier molecular flexibility index (Phi) is 8.53. The molecule has 4 nitrogen and oxygen atoms in total. The normalized spacial score (nSPS) is 15.3. The summed E-state index contributed by atoms with van der Waals surface area (Å²) >= 11 is 6.31. The Morgan fingerprint density at radius 1 is 1.10 bits per heavy atom. The molecule has 31 heavy (non-hydrogen) atoms. The van der Waals surface area contributed by atoms with Crippen LogP contribution in [-0.4, -0.2) is 28.8 Å². The second-order valence-corrected chi connectivity index (χ2v) is 8.95. The molecule has 0 heterocycles. The Morgan fingerprint density at radius 3 is 2.52 bits per heavy atom. The van der Waals surface area contributed by atoms with Gasteiger partial charge < -0.3 is 10.2 Å². The summed E-state index contributed by atoms with van der Waals surface area (Å²) in [6.45, 7) is 4.41. The Hall–Kier alpha value is -2.33. The summed E-state index contributed by atoms with van der Waals surface area (Å²) < 4.78 is 0. The average molecular weight is 441 g/mol. The van der Waals surface area contributed by atoms with Crippen molar-refractivity contribution >= 4 is 23.4 Å². The maximum absolute atomic E-state index is 13.4. The van der Waals surface area contributed by atoms with Gasteiger partial charge in [0.2, 0.25) is 11.8 Å². The highest BCUT2D eigenvalue weighted by Gasteiger charge is 2.30. The van der Waals surface area contributed by atoms with Crippen LogP contribution in [0.4, 0.5) is 0 Å². The number of aryl methyl sites for hydroxylation is 1. The van der Waals surface area contributed by atoms with Crippen molar-refractivity contribution in [2.45, 2.75) is 77.4 Å². The molecule has 1 aliphatic carbocycles. The first-order valence-corrected chi connectivity index (χ1v) is 11.7. The molecule has 3 rings (SSSR count). The highest BCUT2D eigenvalue weighted by molar-refractivity contribution is 6.31. The van der Waals surface area contributed by atoms with Crippen molar-refractivity contribution in [3.05, 3.63) is 70.2 Å². The van der Waals surface area contributed by atoms with Gasteiger partial charge in [0.05, 0.1) is 6.42 Å². The fourth-order valence-corrected chi connectivity index (χ4v) is 4.58. The Morgan fingerprint density at radius 2 is 1.84 bits per heavy atom. The third-order valence-electron chi connectivity index (χ3n) is 6.07. The topological polar surface area (TPSA) is 49.4 Å². The average Bonchev–Trinajstić information content (AvgIpc) is 2.76. The molecule has 166 valence electrons. The van der Waals surface area contributed by atoms with Crippen molar-refractivity contribution in [3.8, 4) is 0 Å². The lowest BCUT2D eigenvalue weighted by atomic mass is 9.95. The van der Waals surface area contributed by atoms with Crippen LogP contribution in [0.2, 0.25) is 5.02 Å². The van der Waals surface area contributed by atoms with E-state index in [1.165, 1.54) is 6.42 Å². The minimum Gasteiger partial charge on any atom is -0.352 e. The maximum Gasteiger partial charge on any atom is 0.243 e. The molecule has 1 aliphatic rings. The molecule has 0 aliphatic heterocycles. The van der Waals surface area contributed by atoms with Crippen LogP contribution in [0.1, 0.15) is 62.1 Å². The highest BCUT2D eigenvalue weighted by atomic mass is 35.5. The molecule has 1 N–H and O–H groups in total. The lowest BCUT2D eigenvalue weighted by Gasteiger charge is -2.33. The number of halogens is 1. The van der Waals surface area contributed by atoms with E-state index < -0.39 is 6.04 Å². The monoisotopic (exact) mass is 440 g/mol. The Bertz CT molecular complexity index is 892. The molecule has 0 aromatic heterocycles. The molecule has 1 unspecified atom stereocenters. The molecular formula is C26H33ClN2O2. The number of nitrogens with one attached hydrogen (secondary N) is 1. The Labute approximate surface area is 191 Å². The van der Waals surface area contributed by atoms with Gasteiger partial charge in [-0.15, -0.1) is 0 Å². The molecule has 0 spiro atoms. The lowest BCUT2D eigenvalue weighted by Crippen LogP contribution is -2.52. The molecule has 0 bridgehead atoms. The SMILES string of the molecule is CCC(C(=O)NC1CCCCC1)N(Cc1cccc(C)c1)C(=O)Cc1ccccc1Cl. The standard InChI is InChI=1S/C26H33ClN2O2/c1-3-24(26(31)28-22-13-5-4-6-14-22)29(18-20-11-9-10-19(2)16-20)25(30)17-21-12-7-8-15-23(21)27/h7-12,15-16,22,24H,3-6,13-14,17-18H2,1-2H3,(H,28,31). The number of carbonyl (C=O) groups excluding carboxylic acids is 2. The largest absolute Gasteiger partial charge is 0.352 e. The maximum atomic E-state index is 13.4. The van der Waals surface area contributed by atoms with Gasteiger partial charge in [0.15, 0.2) is 0 Å². The summed E-state index contributed by atoms with van der Waals surface area (Å²) in [4.78, 5) is 28.4. The number of hydrogen-bond acceptors (Lipinski definition) is 2. The van der Waals surface area contributed by atoms with Gasteiger partial charge in [-0.25, -0.2) is 0 Å². The van der Waals surface area contributed by atoms with E-state index in [1.807, 2.05) is 50.2 Å². The van der Waals surface area contributed by atoms with Gasteiger partial charge in [0, 0.05) is 17.6 Å². The molecule has 1 atom stereocenters. The van der Waals surface area contributed by atoms with Crippen molar-refractivity contribution in [3.63, 3.8) is 0 Å². The van der Waals surface area contributed by atoms with Crippen LogP contribution in [0.25, 0.3) is 0 Å². The van der Waals surface area contributed by atoms with E-state index in [-0.39, 0.29) is 24.3 Å². The summed E-state index contributed by atoms with van der Waals surface area (Å²) in [6.07, 6.45) is 6.33. The fraction of sp³-hybridized carbons (Fsp3) is 0.462. The van der Waals surface area contributed by atoms with Gasteiger partial charge >= 0.3 is 0 Å². The smallest absolute Gasteiger partial charge is 0.243 e. The van der Waals surface area contributed by atoms with E-state index in [9.17, 15) is 9.59 Å². The zero-order chi connectivity index (χ0) is 22.2. The van der Waals surface area contributed by atoms with Gasteiger partial charge in [-0.05, 0) is 43.4 Å². The predicted molar refractivity (Wildman–Crippen MR) is 126 cm³/mol. The van der Waals surface area contributed by atoms with Gasteiger partial charge in [-0.3, -0.25) is 9.59 Å². The molecular weight excluding hydrogens is 408 g/mol. The molecule has 0 radical (unpaired) electrons. The predicted octanol–water partition coefficient (Wildman–Crippen LogP) is 5.45. The third-order valence-corrected chi connectivity index (χ3v) is 6.44. The minimum atomic E-state index is -0.502. The lowest BCUT2D eigenvalue weighted by molar-refractivity contribution is -0.141. The van der Waals surface area contributed by atoms with Crippen LogP contribution in [0.15, 0.2) is 48.5 Å². The Balaban J connectivity index is 1.82. The molecule has 2 aromatic rings. The third kappa shape index (κ3) is 6.57. The number of amides is 2. The summed E-state index contributed by atoms with van der Waals surface area (Å²) in [5, 5.41) is 3.79. The highest BCUT2D eigenvalue weighted by Crippen LogP contribution is 2.21. The quantitative estimate of drug-likeness (QED) is 0.593. The van der Waals surface area contributed by atoms with E-state index >= 15 is 0 Å². The van der Waals surface area contributed by atoms with Crippen LogP contribution in [0.3, 0.4) is 0 Å². The van der Waals surface area contributed by atoms with Crippen molar-refractivity contribution in [1.29, 1.82) is 0 Å². The molecule has 1 saturated carbocycles. The van der Waals surface area contributed by atoms with E-state index in [4.69, 9.17) is 11.6 Å². The zero-order valence-corrected chi connectivity index (χ0v) is 19.3. The van der Waals surface area contributed by atoms with E-state index in [1.54, 1.807) is 11.0 Å². The van der Waals surface area contributed by atoms with Crippen molar-refractivity contribution in [2.75, 3.05) is 0 Å². The summed E-state index contributed by atoms with van der Waals surface area (Å²) in [6, 6.07) is 15.2. The minimum absolute atomic E-state index is 0.0467. The number of benzene rings is 2. The van der Waals surface area contributed by atoms with Crippen LogP contribution >= 0.6 is 11.6 Å². The van der Waals surface area contributed by atoms with Gasteiger partial charge in [-0.2, -0.15) is 0 Å². The first kappa shape index (κ1) is 23.3. The molecule has 5 heteroatoms. The van der Waals surface area contributed by atoms with Crippen molar-refractivity contribution < 1.29 is 9.59 Å². The van der Waals surface area contributed by atoms with Gasteiger partial charge in [0.1, 0.15) is 6.04 Å². The first-order valence-electron chi connectivity index (χ1n) is 11.4. The van der Waals surface area contributed by atoms with Crippen LogP contribution < -0.4 is 5.32 Å². The molecule has 1 fully saturated rings. The zero-order valence-electron chi connectivity index (χ0n) is 18.6. The summed E-state index contributed by atoms with van der Waals surface area (Å²) in [5.41, 5.74) is 2.94. The summed E-state index contributed by atoms with van der Waals surface area (Å²) in [7, 11) is 0. The van der Waals surface area contributed by atoms with Crippen LogP contribution in [0.5, 0.6) is 0 Å². The van der Waals surface area contributed by atoms with Crippen molar-refractivity contribution in [1.82, 2.24) is 10.2 Å². The number of rotatable bonds is 8. The molecule has 2 aromatic carbocycles. The van der Waals surface area contributed by atoms with Crippen molar-refractivity contribution in [2.24, 2.45) is 0 Å². The van der Waals surface area contributed by atoms with Gasteiger partial charge in [0.25, 0.3) is 0 Å². The number of hydrogen-bond donors (Lipinski definition) is 1. The van der Waals surface area contributed by atoms with Crippen LogP contribution in [-0.2, 0) is 22.6 Å².